The fourth-order valence-corrected chi connectivity index (χ4v) is 2.54. The highest BCUT2D eigenvalue weighted by molar-refractivity contribution is 5.38. The molecule has 100 valence electrons. The zero-order valence-corrected chi connectivity index (χ0v) is 11.9. The Morgan fingerprint density at radius 1 is 1.05 bits per heavy atom. The number of hydrogen-bond acceptors (Lipinski definition) is 2. The van der Waals surface area contributed by atoms with E-state index in [1.54, 1.807) is 0 Å². The molecule has 0 aliphatic heterocycles. The summed E-state index contributed by atoms with van der Waals surface area (Å²) >= 11 is 0. The van der Waals surface area contributed by atoms with Crippen LogP contribution < -0.4 is 5.73 Å². The maximum Gasteiger partial charge on any atom is 0.0599 e. The zero-order chi connectivity index (χ0) is 13.8. The Morgan fingerprint density at radius 2 is 1.79 bits per heavy atom. The van der Waals surface area contributed by atoms with Gasteiger partial charge in [0.1, 0.15) is 0 Å². The van der Waals surface area contributed by atoms with Crippen molar-refractivity contribution in [2.24, 2.45) is 5.73 Å². The third-order valence-electron chi connectivity index (χ3n) is 3.50. The third kappa shape index (κ3) is 3.03. The third-order valence-corrected chi connectivity index (χ3v) is 3.50. The molecule has 0 aliphatic rings. The molecule has 0 saturated heterocycles. The average Bonchev–Trinajstić information content (AvgIpc) is 2.41. The van der Waals surface area contributed by atoms with E-state index in [1.165, 1.54) is 22.3 Å². The lowest BCUT2D eigenvalue weighted by atomic mass is 9.93. The van der Waals surface area contributed by atoms with Gasteiger partial charge >= 0.3 is 0 Å². The van der Waals surface area contributed by atoms with Crippen molar-refractivity contribution in [2.75, 3.05) is 14.1 Å². The van der Waals surface area contributed by atoms with Crippen LogP contribution in [0, 0.1) is 6.92 Å². The van der Waals surface area contributed by atoms with Gasteiger partial charge in [0.2, 0.25) is 0 Å². The molecule has 0 aliphatic carbocycles. The van der Waals surface area contributed by atoms with E-state index in [-0.39, 0.29) is 6.04 Å². The average molecular weight is 254 g/mol. The topological polar surface area (TPSA) is 29.3 Å². The monoisotopic (exact) mass is 254 g/mol. The van der Waals surface area contributed by atoms with Crippen molar-refractivity contribution in [2.45, 2.75) is 19.5 Å². The predicted molar refractivity (Wildman–Crippen MR) is 81.0 cm³/mol. The molecular weight excluding hydrogens is 232 g/mol. The second kappa shape index (κ2) is 6.00. The lowest BCUT2D eigenvalue weighted by Crippen LogP contribution is -2.22. The smallest absolute Gasteiger partial charge is 0.0599 e. The molecule has 2 nitrogen and oxygen atoms in total. The first-order valence-corrected chi connectivity index (χ1v) is 6.64. The predicted octanol–water partition coefficient (Wildman–Crippen LogP) is 3.10. The van der Waals surface area contributed by atoms with Crippen LogP contribution in [-0.2, 0) is 6.54 Å². The molecule has 2 aromatic rings. The van der Waals surface area contributed by atoms with E-state index in [1.807, 2.05) is 0 Å². The van der Waals surface area contributed by atoms with E-state index in [4.69, 9.17) is 5.73 Å². The van der Waals surface area contributed by atoms with E-state index in [2.05, 4.69) is 74.4 Å². The van der Waals surface area contributed by atoms with Crippen molar-refractivity contribution in [3.63, 3.8) is 0 Å². The Bertz CT molecular complexity index is 546. The molecule has 0 saturated carbocycles. The minimum absolute atomic E-state index is 0.271. The van der Waals surface area contributed by atoms with Gasteiger partial charge in [-0.3, -0.25) is 4.90 Å². The van der Waals surface area contributed by atoms with Gasteiger partial charge in [0, 0.05) is 6.54 Å². The van der Waals surface area contributed by atoms with Crippen LogP contribution in [0.2, 0.25) is 0 Å². The zero-order valence-electron chi connectivity index (χ0n) is 11.9. The molecule has 1 unspecified atom stereocenters. The van der Waals surface area contributed by atoms with E-state index < -0.39 is 0 Å². The summed E-state index contributed by atoms with van der Waals surface area (Å²) in [5.41, 5.74) is 10.9. The number of rotatable bonds is 4. The van der Waals surface area contributed by atoms with Gasteiger partial charge in [-0.15, -0.1) is 0 Å². The van der Waals surface area contributed by atoms with Crippen LogP contribution in [0.3, 0.4) is 0 Å². The highest BCUT2D eigenvalue weighted by Crippen LogP contribution is 2.29. The number of nitrogens with two attached hydrogens (primary N) is 1. The summed E-state index contributed by atoms with van der Waals surface area (Å²) in [5, 5.41) is 0. The fraction of sp³-hybridized carbons (Fsp3) is 0.294. The first kappa shape index (κ1) is 13.8. The molecule has 19 heavy (non-hydrogen) atoms. The van der Waals surface area contributed by atoms with Gasteiger partial charge in [-0.2, -0.15) is 0 Å². The van der Waals surface area contributed by atoms with Crippen LogP contribution in [-0.4, -0.2) is 19.0 Å². The molecule has 2 aromatic carbocycles. The molecule has 2 rings (SSSR count). The van der Waals surface area contributed by atoms with Gasteiger partial charge in [0.15, 0.2) is 0 Å². The Kier molecular flexibility index (Phi) is 4.35. The summed E-state index contributed by atoms with van der Waals surface area (Å²) < 4.78 is 0. The lowest BCUT2D eigenvalue weighted by Gasteiger charge is -2.27. The van der Waals surface area contributed by atoms with Crippen LogP contribution in [0.15, 0.2) is 48.5 Å². The van der Waals surface area contributed by atoms with Gasteiger partial charge < -0.3 is 5.73 Å². The van der Waals surface area contributed by atoms with Crippen LogP contribution in [0.25, 0.3) is 0 Å². The second-order valence-electron chi connectivity index (χ2n) is 5.17. The summed E-state index contributed by atoms with van der Waals surface area (Å²) in [6.45, 7) is 2.75. The largest absolute Gasteiger partial charge is 0.326 e. The van der Waals surface area contributed by atoms with Gasteiger partial charge in [-0.05, 0) is 43.3 Å². The highest BCUT2D eigenvalue weighted by atomic mass is 15.1. The summed E-state index contributed by atoms with van der Waals surface area (Å²) in [5.74, 6) is 0. The lowest BCUT2D eigenvalue weighted by molar-refractivity contribution is 0.341. The molecule has 1 atom stereocenters. The van der Waals surface area contributed by atoms with Gasteiger partial charge in [0.05, 0.1) is 6.04 Å². The quantitative estimate of drug-likeness (QED) is 0.908. The Morgan fingerprint density at radius 3 is 2.42 bits per heavy atom. The molecule has 0 bridgehead atoms. The van der Waals surface area contributed by atoms with Crippen LogP contribution in [0.4, 0.5) is 0 Å². The molecule has 0 fully saturated rings. The minimum atomic E-state index is 0.271. The van der Waals surface area contributed by atoms with Crippen molar-refractivity contribution in [3.8, 4) is 0 Å². The number of nitrogens with zero attached hydrogens (tertiary/aromatic N) is 1. The maximum absolute atomic E-state index is 5.75. The SMILES string of the molecule is Cc1ccccc1C(c1cccc(CN)c1)N(C)C. The molecular formula is C17H22N2. The second-order valence-corrected chi connectivity index (χ2v) is 5.17. The highest BCUT2D eigenvalue weighted by Gasteiger charge is 2.18. The van der Waals surface area contributed by atoms with E-state index in [0.717, 1.165) is 0 Å². The molecule has 0 aromatic heterocycles. The first-order valence-electron chi connectivity index (χ1n) is 6.64. The normalized spacial score (nSPS) is 12.7. The minimum Gasteiger partial charge on any atom is -0.326 e. The van der Waals surface area contributed by atoms with Crippen molar-refractivity contribution >= 4 is 0 Å². The van der Waals surface area contributed by atoms with E-state index in [9.17, 15) is 0 Å². The van der Waals surface area contributed by atoms with Crippen molar-refractivity contribution in [1.82, 2.24) is 4.90 Å². The van der Waals surface area contributed by atoms with Crippen LogP contribution >= 0.6 is 0 Å². The number of aryl methyl sites for hydroxylation is 1. The maximum atomic E-state index is 5.75. The van der Waals surface area contributed by atoms with Crippen molar-refractivity contribution < 1.29 is 0 Å². The molecule has 0 spiro atoms. The van der Waals surface area contributed by atoms with Gasteiger partial charge in [-0.1, -0.05) is 48.5 Å². The Labute approximate surface area is 115 Å². The van der Waals surface area contributed by atoms with Crippen LogP contribution in [0.1, 0.15) is 28.3 Å². The van der Waals surface area contributed by atoms with Crippen molar-refractivity contribution in [1.29, 1.82) is 0 Å². The molecule has 0 radical (unpaired) electrons. The van der Waals surface area contributed by atoms with E-state index >= 15 is 0 Å². The Balaban J connectivity index is 2.49. The summed E-state index contributed by atoms with van der Waals surface area (Å²) in [4.78, 5) is 2.25. The molecule has 2 heteroatoms. The summed E-state index contributed by atoms with van der Waals surface area (Å²) in [7, 11) is 4.23. The number of hydrogen-bond donors (Lipinski definition) is 1. The van der Waals surface area contributed by atoms with E-state index in [0.29, 0.717) is 6.54 Å². The van der Waals surface area contributed by atoms with Crippen LogP contribution in [0.5, 0.6) is 0 Å². The Hall–Kier alpha value is -1.64. The summed E-state index contributed by atoms with van der Waals surface area (Å²) in [6, 6.07) is 17.4. The first-order chi connectivity index (χ1) is 9.13. The fourth-order valence-electron chi connectivity index (χ4n) is 2.54. The number of benzene rings is 2. The van der Waals surface area contributed by atoms with Gasteiger partial charge in [0.25, 0.3) is 0 Å². The van der Waals surface area contributed by atoms with Crippen molar-refractivity contribution in [3.05, 3.63) is 70.8 Å². The van der Waals surface area contributed by atoms with Gasteiger partial charge in [-0.25, -0.2) is 0 Å². The molecule has 0 heterocycles. The standard InChI is InChI=1S/C17H22N2/c1-13-7-4-5-10-16(13)17(19(2)3)15-9-6-8-14(11-15)12-18/h4-11,17H,12,18H2,1-3H3. The summed E-state index contributed by atoms with van der Waals surface area (Å²) in [6.07, 6.45) is 0. The molecule has 2 N–H and O–H groups in total. The molecule has 0 amide bonds.